The lowest BCUT2D eigenvalue weighted by molar-refractivity contribution is -0.0586. The predicted octanol–water partition coefficient (Wildman–Crippen LogP) is 3.29. The fraction of sp³-hybridized carbons (Fsp3) is 0.458. The van der Waals surface area contributed by atoms with Gasteiger partial charge >= 0.3 is 0 Å². The van der Waals surface area contributed by atoms with Crippen LogP contribution in [-0.2, 0) is 4.74 Å². The maximum absolute atomic E-state index is 15.1. The molecule has 0 saturated carbocycles. The van der Waals surface area contributed by atoms with Crippen molar-refractivity contribution in [2.45, 2.75) is 38.0 Å². The van der Waals surface area contributed by atoms with Crippen LogP contribution >= 0.6 is 15.9 Å². The fourth-order valence-corrected chi connectivity index (χ4v) is 5.09. The van der Waals surface area contributed by atoms with Crippen LogP contribution in [0.4, 0.5) is 25.8 Å². The van der Waals surface area contributed by atoms with Crippen LogP contribution in [0.15, 0.2) is 35.1 Å². The second-order valence-corrected chi connectivity index (χ2v) is 10.2. The number of carbonyl (C=O) groups excluding carboxylic acids is 2. The lowest BCUT2D eigenvalue weighted by Crippen LogP contribution is -2.48. The van der Waals surface area contributed by atoms with E-state index in [0.29, 0.717) is 23.2 Å². The van der Waals surface area contributed by atoms with Crippen molar-refractivity contribution in [3.8, 4) is 0 Å². The fourth-order valence-electron chi connectivity index (χ4n) is 4.61. The minimum atomic E-state index is -3.26. The van der Waals surface area contributed by atoms with Gasteiger partial charge in [0.25, 0.3) is 17.7 Å². The van der Waals surface area contributed by atoms with Gasteiger partial charge in [-0.3, -0.25) is 14.6 Å². The van der Waals surface area contributed by atoms with Gasteiger partial charge in [0.2, 0.25) is 0 Å². The Balaban J connectivity index is 1.59. The Morgan fingerprint density at radius 1 is 1.11 bits per heavy atom. The van der Waals surface area contributed by atoms with E-state index in [2.05, 4.69) is 31.5 Å². The molecule has 0 bridgehead atoms. The molecule has 4 N–H and O–H groups in total. The summed E-state index contributed by atoms with van der Waals surface area (Å²) in [5, 5.41) is 5.68. The third-order valence-electron chi connectivity index (χ3n) is 6.26. The van der Waals surface area contributed by atoms with E-state index in [9.17, 15) is 9.59 Å². The SMILES string of the molecule is CNc1cncc(C(=O)N2C[C@H](Nc3c(N)cc(Br)cc3C(=O)N3C[C@@H](C)O[C@@H](C)C3)C(F)(F)C2)c1. The number of amides is 2. The maximum Gasteiger partial charge on any atom is 0.286 e. The number of anilines is 3. The van der Waals surface area contributed by atoms with Gasteiger partial charge in [0.1, 0.15) is 6.04 Å². The molecule has 0 radical (unpaired) electrons. The van der Waals surface area contributed by atoms with Crippen molar-refractivity contribution in [1.82, 2.24) is 14.8 Å². The number of pyridine rings is 1. The van der Waals surface area contributed by atoms with Gasteiger partial charge in [-0.2, -0.15) is 0 Å². The van der Waals surface area contributed by atoms with E-state index in [1.807, 2.05) is 13.8 Å². The second-order valence-electron chi connectivity index (χ2n) is 9.24. The summed E-state index contributed by atoms with van der Waals surface area (Å²) in [5.41, 5.74) is 7.44. The molecule has 2 fully saturated rings. The zero-order valence-electron chi connectivity index (χ0n) is 20.2. The van der Waals surface area contributed by atoms with Crippen LogP contribution < -0.4 is 16.4 Å². The number of hydrogen-bond donors (Lipinski definition) is 3. The molecule has 2 saturated heterocycles. The van der Waals surface area contributed by atoms with Crippen molar-refractivity contribution >= 4 is 44.8 Å². The number of rotatable bonds is 5. The minimum Gasteiger partial charge on any atom is -0.397 e. The highest BCUT2D eigenvalue weighted by molar-refractivity contribution is 9.10. The van der Waals surface area contributed by atoms with E-state index >= 15 is 8.78 Å². The molecular formula is C24H29BrF2N6O3. The third-order valence-corrected chi connectivity index (χ3v) is 6.72. The molecule has 36 heavy (non-hydrogen) atoms. The third kappa shape index (κ3) is 5.39. The summed E-state index contributed by atoms with van der Waals surface area (Å²) in [6.45, 7) is 3.44. The lowest BCUT2D eigenvalue weighted by atomic mass is 10.1. The first-order valence-electron chi connectivity index (χ1n) is 11.6. The molecule has 4 rings (SSSR count). The summed E-state index contributed by atoms with van der Waals surface area (Å²) >= 11 is 3.35. The lowest BCUT2D eigenvalue weighted by Gasteiger charge is -2.36. The molecule has 2 aliphatic heterocycles. The van der Waals surface area contributed by atoms with Gasteiger partial charge in [-0.15, -0.1) is 0 Å². The Morgan fingerprint density at radius 2 is 1.81 bits per heavy atom. The van der Waals surface area contributed by atoms with E-state index in [-0.39, 0.29) is 47.2 Å². The maximum atomic E-state index is 15.1. The molecule has 2 aliphatic rings. The molecule has 0 spiro atoms. The number of alkyl halides is 2. The number of halogens is 3. The smallest absolute Gasteiger partial charge is 0.286 e. The van der Waals surface area contributed by atoms with Crippen molar-refractivity contribution in [2.75, 3.05) is 49.6 Å². The monoisotopic (exact) mass is 566 g/mol. The zero-order valence-corrected chi connectivity index (χ0v) is 21.8. The number of hydrogen-bond acceptors (Lipinski definition) is 7. The van der Waals surface area contributed by atoms with Crippen molar-refractivity contribution in [3.05, 3.63) is 46.2 Å². The molecular weight excluding hydrogens is 538 g/mol. The average molecular weight is 567 g/mol. The highest BCUT2D eigenvalue weighted by Crippen LogP contribution is 2.36. The molecule has 2 aromatic rings. The topological polar surface area (TPSA) is 113 Å². The number of morpholine rings is 1. The van der Waals surface area contributed by atoms with Crippen LogP contribution in [-0.4, -0.2) is 84.0 Å². The van der Waals surface area contributed by atoms with Crippen LogP contribution in [0.3, 0.4) is 0 Å². The number of likely N-dealkylation sites (tertiary alicyclic amines) is 1. The summed E-state index contributed by atoms with van der Waals surface area (Å²) in [7, 11) is 1.68. The van der Waals surface area contributed by atoms with Crippen molar-refractivity contribution in [1.29, 1.82) is 0 Å². The normalized spacial score (nSPS) is 23.4. The summed E-state index contributed by atoms with van der Waals surface area (Å²) in [6.07, 6.45) is 2.56. The Hall–Kier alpha value is -2.99. The van der Waals surface area contributed by atoms with Crippen molar-refractivity contribution in [2.24, 2.45) is 0 Å². The highest BCUT2D eigenvalue weighted by Gasteiger charge is 2.50. The van der Waals surface area contributed by atoms with Crippen LogP contribution in [0.2, 0.25) is 0 Å². The number of aromatic nitrogens is 1. The van der Waals surface area contributed by atoms with Crippen LogP contribution in [0.1, 0.15) is 34.6 Å². The van der Waals surface area contributed by atoms with Crippen LogP contribution in [0.5, 0.6) is 0 Å². The van der Waals surface area contributed by atoms with Gasteiger partial charge in [-0.1, -0.05) is 15.9 Å². The second kappa shape index (κ2) is 10.2. The first kappa shape index (κ1) is 26.1. The molecule has 3 atom stereocenters. The predicted molar refractivity (Wildman–Crippen MR) is 137 cm³/mol. The largest absolute Gasteiger partial charge is 0.397 e. The Kier molecular flexibility index (Phi) is 7.37. The molecule has 2 amide bonds. The molecule has 1 aromatic heterocycles. The number of nitrogens with one attached hydrogen (secondary N) is 2. The van der Waals surface area contributed by atoms with Gasteiger partial charge in [0.15, 0.2) is 0 Å². The molecule has 1 aromatic carbocycles. The summed E-state index contributed by atoms with van der Waals surface area (Å²) in [5.74, 6) is -4.15. The van der Waals surface area contributed by atoms with Gasteiger partial charge in [0.05, 0.1) is 46.9 Å². The van der Waals surface area contributed by atoms with E-state index in [0.717, 1.165) is 4.90 Å². The van der Waals surface area contributed by atoms with Crippen molar-refractivity contribution in [3.63, 3.8) is 0 Å². The number of nitrogen functional groups attached to an aromatic ring is 1. The van der Waals surface area contributed by atoms with Gasteiger partial charge in [0, 0.05) is 43.5 Å². The van der Waals surface area contributed by atoms with Gasteiger partial charge in [-0.25, -0.2) is 8.78 Å². The molecule has 3 heterocycles. The van der Waals surface area contributed by atoms with Gasteiger partial charge in [-0.05, 0) is 32.0 Å². The number of nitrogens with zero attached hydrogens (tertiary/aromatic N) is 3. The standard InChI is InChI=1S/C24H29BrF2N6O3/c1-13-9-32(10-14(2)36-13)23(35)18-5-16(25)6-19(28)21(18)31-20-11-33(12-24(20,26)27)22(34)15-4-17(29-3)8-30-7-15/h4-8,13-14,20,29,31H,9-12,28H2,1-3H3/t13-,14+,20-/m0/s1. The number of carbonyl (C=O) groups is 2. The highest BCUT2D eigenvalue weighted by atomic mass is 79.9. The summed E-state index contributed by atoms with van der Waals surface area (Å²) in [6, 6.07) is 3.23. The Bertz CT molecular complexity index is 1160. The van der Waals surface area contributed by atoms with E-state index in [4.69, 9.17) is 10.5 Å². The summed E-state index contributed by atoms with van der Waals surface area (Å²) in [4.78, 5) is 33.1. The average Bonchev–Trinajstić information content (AvgIpc) is 3.12. The first-order chi connectivity index (χ1) is 17.0. The van der Waals surface area contributed by atoms with Crippen LogP contribution in [0, 0.1) is 0 Å². The van der Waals surface area contributed by atoms with Crippen LogP contribution in [0.25, 0.3) is 0 Å². The number of ether oxygens (including phenoxy) is 1. The molecule has 0 aliphatic carbocycles. The summed E-state index contributed by atoms with van der Waals surface area (Å²) < 4.78 is 36.5. The van der Waals surface area contributed by atoms with Crippen molar-refractivity contribution < 1.29 is 23.1 Å². The Morgan fingerprint density at radius 3 is 2.47 bits per heavy atom. The molecule has 9 nitrogen and oxygen atoms in total. The van der Waals surface area contributed by atoms with Gasteiger partial charge < -0.3 is 30.9 Å². The van der Waals surface area contributed by atoms with E-state index in [1.165, 1.54) is 12.4 Å². The minimum absolute atomic E-state index is 0.118. The first-order valence-corrected chi connectivity index (χ1v) is 12.4. The van der Waals surface area contributed by atoms with E-state index < -0.39 is 24.4 Å². The molecule has 194 valence electrons. The molecule has 0 unspecified atom stereocenters. The quantitative estimate of drug-likeness (QED) is 0.476. The van der Waals surface area contributed by atoms with E-state index in [1.54, 1.807) is 30.1 Å². The Labute approximate surface area is 216 Å². The zero-order chi connectivity index (χ0) is 26.2. The number of nitrogens with two attached hydrogens (primary N) is 1. The number of benzene rings is 1. The molecule has 12 heteroatoms.